The summed E-state index contributed by atoms with van der Waals surface area (Å²) < 4.78 is 11.9. The molecule has 0 spiro atoms. The maximum atomic E-state index is 12.4. The number of Topliss-reactive ketones (excluding diaryl/α,β-unsaturated/α-hetero) is 1. The van der Waals surface area contributed by atoms with Crippen molar-refractivity contribution in [3.8, 4) is 11.5 Å². The molecule has 0 amide bonds. The van der Waals surface area contributed by atoms with Crippen molar-refractivity contribution in [2.75, 3.05) is 7.11 Å². The Kier molecular flexibility index (Phi) is 4.70. The Bertz CT molecular complexity index is 714. The molecule has 1 fully saturated rings. The van der Waals surface area contributed by atoms with Gasteiger partial charge in [0.2, 0.25) is 0 Å². The Morgan fingerprint density at radius 3 is 2.64 bits per heavy atom. The summed E-state index contributed by atoms with van der Waals surface area (Å²) in [5, 5.41) is 0. The second-order valence-electron chi connectivity index (χ2n) is 8.48. The highest BCUT2D eigenvalue weighted by Gasteiger charge is 2.36. The number of hydrogen-bond donors (Lipinski definition) is 0. The van der Waals surface area contributed by atoms with Crippen molar-refractivity contribution in [2.24, 2.45) is 5.41 Å². The van der Waals surface area contributed by atoms with Gasteiger partial charge in [0.1, 0.15) is 17.1 Å². The van der Waals surface area contributed by atoms with Gasteiger partial charge in [-0.15, -0.1) is 0 Å². The van der Waals surface area contributed by atoms with Crippen LogP contribution in [0.1, 0.15) is 64.0 Å². The Morgan fingerprint density at radius 1 is 1.20 bits per heavy atom. The number of methoxy groups -OCH3 is 1. The quantitative estimate of drug-likeness (QED) is 0.710. The van der Waals surface area contributed by atoms with Gasteiger partial charge in [-0.05, 0) is 68.2 Å². The van der Waals surface area contributed by atoms with E-state index in [-0.39, 0.29) is 11.0 Å². The minimum absolute atomic E-state index is 0.0158. The number of ether oxygens (including phenoxy) is 2. The molecule has 0 bridgehead atoms. The molecule has 3 nitrogen and oxygen atoms in total. The van der Waals surface area contributed by atoms with Crippen LogP contribution in [0.25, 0.3) is 0 Å². The summed E-state index contributed by atoms with van der Waals surface area (Å²) in [5.74, 6) is 2.16. The van der Waals surface area contributed by atoms with E-state index in [9.17, 15) is 4.79 Å². The predicted molar refractivity (Wildman–Crippen MR) is 100 cm³/mol. The molecule has 0 radical (unpaired) electrons. The first-order chi connectivity index (χ1) is 11.7. The third-order valence-corrected chi connectivity index (χ3v) is 5.77. The third-order valence-electron chi connectivity index (χ3n) is 5.77. The van der Waals surface area contributed by atoms with Gasteiger partial charge in [-0.25, -0.2) is 0 Å². The Morgan fingerprint density at radius 2 is 1.96 bits per heavy atom. The summed E-state index contributed by atoms with van der Waals surface area (Å²) in [6, 6.07) is 4.16. The molecule has 3 heteroatoms. The Balaban J connectivity index is 1.83. The van der Waals surface area contributed by atoms with E-state index in [1.54, 1.807) is 7.11 Å². The minimum atomic E-state index is -0.271. The summed E-state index contributed by atoms with van der Waals surface area (Å²) >= 11 is 0. The maximum absolute atomic E-state index is 12.4. The third kappa shape index (κ3) is 3.61. The number of carbonyl (C=O) groups is 1. The highest BCUT2D eigenvalue weighted by Crippen LogP contribution is 2.43. The van der Waals surface area contributed by atoms with Crippen LogP contribution in [0.4, 0.5) is 0 Å². The fraction of sp³-hybridized carbons (Fsp3) is 0.591. The number of carbonyl (C=O) groups excluding carboxylic acids is 1. The first-order valence-electron chi connectivity index (χ1n) is 9.34. The van der Waals surface area contributed by atoms with Gasteiger partial charge in [0, 0.05) is 18.4 Å². The zero-order valence-electron chi connectivity index (χ0n) is 16.2. The van der Waals surface area contributed by atoms with E-state index in [1.807, 2.05) is 0 Å². The summed E-state index contributed by atoms with van der Waals surface area (Å²) in [6.07, 6.45) is 7.57. The van der Waals surface area contributed by atoms with Crippen LogP contribution in [0.3, 0.4) is 0 Å². The lowest BCUT2D eigenvalue weighted by Crippen LogP contribution is -2.36. The summed E-state index contributed by atoms with van der Waals surface area (Å²) in [6.45, 7) is 8.58. The lowest BCUT2D eigenvalue weighted by molar-refractivity contribution is -0.117. The molecule has 0 saturated heterocycles. The number of rotatable bonds is 3. The van der Waals surface area contributed by atoms with Crippen LogP contribution >= 0.6 is 0 Å². The summed E-state index contributed by atoms with van der Waals surface area (Å²) in [5.41, 5.74) is 3.01. The number of ketones is 1. The van der Waals surface area contributed by atoms with E-state index in [2.05, 4.69) is 45.9 Å². The fourth-order valence-corrected chi connectivity index (χ4v) is 4.17. The normalized spacial score (nSPS) is 26.9. The van der Waals surface area contributed by atoms with Gasteiger partial charge in [-0.3, -0.25) is 4.79 Å². The zero-order chi connectivity index (χ0) is 18.2. The number of aryl methyl sites for hydroxylation is 1. The maximum Gasteiger partial charge on any atom is 0.159 e. The summed E-state index contributed by atoms with van der Waals surface area (Å²) in [4.78, 5) is 12.4. The van der Waals surface area contributed by atoms with Gasteiger partial charge in [-0.2, -0.15) is 0 Å². The fourth-order valence-electron chi connectivity index (χ4n) is 4.17. The van der Waals surface area contributed by atoms with E-state index in [1.165, 1.54) is 0 Å². The number of fused-ring (bicyclic) bond motifs is 1. The summed E-state index contributed by atoms with van der Waals surface area (Å²) in [7, 11) is 1.71. The van der Waals surface area contributed by atoms with Crippen LogP contribution in [0.5, 0.6) is 11.5 Å². The molecule has 3 rings (SSSR count). The van der Waals surface area contributed by atoms with Gasteiger partial charge in [0.15, 0.2) is 5.78 Å². The van der Waals surface area contributed by atoms with Crippen LogP contribution < -0.4 is 9.47 Å². The average Bonchev–Trinajstić information content (AvgIpc) is 2.52. The van der Waals surface area contributed by atoms with E-state index in [4.69, 9.17) is 9.47 Å². The molecule has 1 aliphatic carbocycles. The minimum Gasteiger partial charge on any atom is -0.496 e. The SMILES string of the molecule is COc1cc(C)cc2c1CC[C@](C)(C/C=C1/C(=O)CCCC1(C)C)O2. The molecule has 136 valence electrons. The molecular formula is C22H30O3. The van der Waals surface area contributed by atoms with Crippen molar-refractivity contribution in [2.45, 2.75) is 71.8 Å². The molecular weight excluding hydrogens is 312 g/mol. The molecule has 0 aromatic heterocycles. The monoisotopic (exact) mass is 342 g/mol. The smallest absolute Gasteiger partial charge is 0.159 e. The van der Waals surface area contributed by atoms with E-state index in [0.717, 1.165) is 60.3 Å². The van der Waals surface area contributed by atoms with Crippen molar-refractivity contribution in [1.29, 1.82) is 0 Å². The van der Waals surface area contributed by atoms with Gasteiger partial charge in [-0.1, -0.05) is 19.9 Å². The second kappa shape index (κ2) is 6.51. The van der Waals surface area contributed by atoms with Crippen molar-refractivity contribution in [1.82, 2.24) is 0 Å². The molecule has 1 heterocycles. The van der Waals surface area contributed by atoms with Crippen molar-refractivity contribution in [3.63, 3.8) is 0 Å². The predicted octanol–water partition coefficient (Wildman–Crippen LogP) is 5.18. The Labute approximate surface area is 151 Å². The second-order valence-corrected chi connectivity index (χ2v) is 8.48. The Hall–Kier alpha value is -1.77. The molecule has 1 aromatic rings. The van der Waals surface area contributed by atoms with Gasteiger partial charge < -0.3 is 9.47 Å². The topological polar surface area (TPSA) is 35.5 Å². The van der Waals surface area contributed by atoms with Crippen LogP contribution in [0.2, 0.25) is 0 Å². The van der Waals surface area contributed by atoms with Crippen molar-refractivity contribution in [3.05, 3.63) is 34.9 Å². The van der Waals surface area contributed by atoms with E-state index in [0.29, 0.717) is 12.2 Å². The van der Waals surface area contributed by atoms with E-state index >= 15 is 0 Å². The van der Waals surface area contributed by atoms with Gasteiger partial charge in [0.05, 0.1) is 7.11 Å². The average molecular weight is 342 g/mol. The van der Waals surface area contributed by atoms with Crippen LogP contribution in [0.15, 0.2) is 23.8 Å². The first-order valence-corrected chi connectivity index (χ1v) is 9.34. The van der Waals surface area contributed by atoms with Crippen molar-refractivity contribution < 1.29 is 14.3 Å². The molecule has 0 N–H and O–H groups in total. The number of benzene rings is 1. The molecule has 1 saturated carbocycles. The van der Waals surface area contributed by atoms with Crippen molar-refractivity contribution >= 4 is 5.78 Å². The lowest BCUT2D eigenvalue weighted by Gasteiger charge is -2.37. The van der Waals surface area contributed by atoms with E-state index < -0.39 is 0 Å². The highest BCUT2D eigenvalue weighted by molar-refractivity contribution is 5.97. The zero-order valence-corrected chi connectivity index (χ0v) is 16.2. The van der Waals surface area contributed by atoms with Crippen LogP contribution in [0, 0.1) is 12.3 Å². The van der Waals surface area contributed by atoms with Gasteiger partial charge in [0.25, 0.3) is 0 Å². The molecule has 0 unspecified atom stereocenters. The van der Waals surface area contributed by atoms with Gasteiger partial charge >= 0.3 is 0 Å². The van der Waals surface area contributed by atoms with Crippen LogP contribution in [-0.4, -0.2) is 18.5 Å². The molecule has 1 aromatic carbocycles. The molecule has 1 aliphatic heterocycles. The molecule has 25 heavy (non-hydrogen) atoms. The number of hydrogen-bond acceptors (Lipinski definition) is 3. The lowest BCUT2D eigenvalue weighted by atomic mass is 9.71. The number of allylic oxidation sites excluding steroid dienone is 1. The largest absolute Gasteiger partial charge is 0.496 e. The highest BCUT2D eigenvalue weighted by atomic mass is 16.5. The first kappa shape index (κ1) is 18.0. The molecule has 1 atom stereocenters. The van der Waals surface area contributed by atoms with Crippen LogP contribution in [-0.2, 0) is 11.2 Å². The molecule has 2 aliphatic rings. The standard InChI is InChI=1S/C22H30O3/c1-15-13-19(24-5)16-8-11-22(4,25-20(16)14-15)12-9-17-18(23)7-6-10-21(17,2)3/h9,13-14H,6-8,10-12H2,1-5H3/b17-9-/t22-/m1/s1.